The van der Waals surface area contributed by atoms with E-state index in [9.17, 15) is 9.90 Å². The molecule has 4 rings (SSSR count). The van der Waals surface area contributed by atoms with Crippen LogP contribution in [-0.4, -0.2) is 14.9 Å². The summed E-state index contributed by atoms with van der Waals surface area (Å²) in [6.07, 6.45) is 0. The number of aromatic nitrogens is 2. The van der Waals surface area contributed by atoms with Crippen LogP contribution in [0.5, 0.6) is 5.75 Å². The monoisotopic (exact) mass is 306 g/mol. The molecule has 1 N–H and O–H groups in total. The summed E-state index contributed by atoms with van der Waals surface area (Å²) < 4.78 is 6.99. The Morgan fingerprint density at radius 3 is 2.74 bits per heavy atom. The second-order valence-corrected chi connectivity index (χ2v) is 5.67. The Kier molecular flexibility index (Phi) is 2.78. The van der Waals surface area contributed by atoms with Crippen molar-refractivity contribution in [2.45, 2.75) is 13.8 Å². The van der Waals surface area contributed by atoms with Crippen molar-refractivity contribution >= 4 is 11.0 Å². The van der Waals surface area contributed by atoms with Crippen molar-refractivity contribution in [3.8, 4) is 22.9 Å². The van der Waals surface area contributed by atoms with Crippen LogP contribution in [-0.2, 0) is 0 Å². The van der Waals surface area contributed by atoms with Crippen LogP contribution in [0.1, 0.15) is 11.1 Å². The Morgan fingerprint density at radius 1 is 1.13 bits per heavy atom. The van der Waals surface area contributed by atoms with Gasteiger partial charge in [-0.1, -0.05) is 29.8 Å². The van der Waals surface area contributed by atoms with Gasteiger partial charge in [-0.25, -0.2) is 0 Å². The van der Waals surface area contributed by atoms with Gasteiger partial charge in [0, 0.05) is 5.39 Å². The maximum Gasteiger partial charge on any atom is 0.284 e. The fourth-order valence-electron chi connectivity index (χ4n) is 2.82. The van der Waals surface area contributed by atoms with Gasteiger partial charge >= 0.3 is 0 Å². The molecule has 0 amide bonds. The fourth-order valence-corrected chi connectivity index (χ4v) is 2.82. The van der Waals surface area contributed by atoms with Gasteiger partial charge in [0.15, 0.2) is 11.3 Å². The maximum atomic E-state index is 12.7. The number of benzene rings is 2. The zero-order valence-corrected chi connectivity index (χ0v) is 12.7. The van der Waals surface area contributed by atoms with Crippen molar-refractivity contribution < 1.29 is 9.52 Å². The first-order valence-electron chi connectivity index (χ1n) is 7.27. The number of fused-ring (bicyclic) bond motifs is 2. The number of nitrogens with zero attached hydrogens (tertiary/aromatic N) is 2. The predicted molar refractivity (Wildman–Crippen MR) is 87.4 cm³/mol. The predicted octanol–water partition coefficient (Wildman–Crippen LogP) is 3.41. The molecule has 0 fully saturated rings. The lowest BCUT2D eigenvalue weighted by Crippen LogP contribution is -2.15. The molecule has 0 spiro atoms. The van der Waals surface area contributed by atoms with Gasteiger partial charge in [-0.05, 0) is 37.6 Å². The standard InChI is InChI=1S/C18H14N2O3/c1-10-6-7-14(11(2)8-10)20-18(22)13-9-12-4-3-5-15(21)16(12)23-17(13)19-20/h3-9,21H,1-2H3. The highest BCUT2D eigenvalue weighted by Gasteiger charge is 2.21. The molecule has 2 aromatic rings. The summed E-state index contributed by atoms with van der Waals surface area (Å²) in [5, 5.41) is 14.8. The largest absolute Gasteiger partial charge is 0.504 e. The SMILES string of the molecule is Cc1ccc(-n2nc3oc4c(O)cccc4cc-3c2=O)c(C)c1. The molecule has 0 aliphatic carbocycles. The van der Waals surface area contributed by atoms with Gasteiger partial charge in [0.25, 0.3) is 5.56 Å². The average Bonchev–Trinajstić information content (AvgIpc) is 2.83. The minimum Gasteiger partial charge on any atom is -0.504 e. The Hall–Kier alpha value is -3.08. The molecule has 0 aromatic heterocycles. The van der Waals surface area contributed by atoms with Gasteiger partial charge in [-0.15, -0.1) is 5.10 Å². The van der Waals surface area contributed by atoms with Crippen LogP contribution in [0.4, 0.5) is 0 Å². The summed E-state index contributed by atoms with van der Waals surface area (Å²) in [6.45, 7) is 3.94. The topological polar surface area (TPSA) is 68.3 Å². The fraction of sp³-hybridized carbons (Fsp3) is 0.111. The van der Waals surface area contributed by atoms with E-state index in [0.29, 0.717) is 16.5 Å². The van der Waals surface area contributed by atoms with E-state index >= 15 is 0 Å². The van der Waals surface area contributed by atoms with Gasteiger partial charge in [0.2, 0.25) is 5.89 Å². The summed E-state index contributed by atoms with van der Waals surface area (Å²) in [5.41, 5.74) is 3.28. The second kappa shape index (κ2) is 4.71. The highest BCUT2D eigenvalue weighted by Crippen LogP contribution is 2.30. The number of hydrogen-bond acceptors (Lipinski definition) is 4. The van der Waals surface area contributed by atoms with Crippen molar-refractivity contribution in [2.24, 2.45) is 0 Å². The van der Waals surface area contributed by atoms with Crippen molar-refractivity contribution in [3.63, 3.8) is 0 Å². The van der Waals surface area contributed by atoms with E-state index in [1.807, 2.05) is 32.0 Å². The molecule has 5 heteroatoms. The zero-order chi connectivity index (χ0) is 16.1. The van der Waals surface area contributed by atoms with Gasteiger partial charge in [0.1, 0.15) is 5.56 Å². The molecule has 114 valence electrons. The normalized spacial score (nSPS) is 11.4. The summed E-state index contributed by atoms with van der Waals surface area (Å²) in [7, 11) is 0. The number of hydrogen-bond donors (Lipinski definition) is 1. The van der Waals surface area contributed by atoms with Gasteiger partial charge < -0.3 is 9.52 Å². The summed E-state index contributed by atoms with van der Waals surface area (Å²) >= 11 is 0. The molecule has 2 aromatic carbocycles. The molecular weight excluding hydrogens is 292 g/mol. The molecule has 23 heavy (non-hydrogen) atoms. The third kappa shape index (κ3) is 2.01. The van der Waals surface area contributed by atoms with E-state index in [1.165, 1.54) is 10.7 Å². The number of aromatic hydroxyl groups is 1. The van der Waals surface area contributed by atoms with Crippen molar-refractivity contribution in [1.82, 2.24) is 9.78 Å². The van der Waals surface area contributed by atoms with Gasteiger partial charge in [0.05, 0.1) is 5.69 Å². The lowest BCUT2D eigenvalue weighted by atomic mass is 10.1. The Morgan fingerprint density at radius 2 is 1.96 bits per heavy atom. The number of aryl methyl sites for hydroxylation is 2. The van der Waals surface area contributed by atoms with Crippen LogP contribution >= 0.6 is 0 Å². The molecule has 5 nitrogen and oxygen atoms in total. The molecule has 2 aliphatic heterocycles. The molecule has 0 radical (unpaired) electrons. The van der Waals surface area contributed by atoms with E-state index in [1.54, 1.807) is 18.2 Å². The van der Waals surface area contributed by atoms with E-state index in [-0.39, 0.29) is 17.2 Å². The summed E-state index contributed by atoms with van der Waals surface area (Å²) in [4.78, 5) is 12.7. The first kappa shape index (κ1) is 13.6. The van der Waals surface area contributed by atoms with Crippen LogP contribution in [0.15, 0.2) is 51.7 Å². The molecule has 0 atom stereocenters. The van der Waals surface area contributed by atoms with Gasteiger partial charge in [-0.2, -0.15) is 4.68 Å². The maximum absolute atomic E-state index is 12.7. The van der Waals surface area contributed by atoms with E-state index in [4.69, 9.17) is 4.42 Å². The van der Waals surface area contributed by atoms with Crippen LogP contribution in [0, 0.1) is 13.8 Å². The van der Waals surface area contributed by atoms with Crippen molar-refractivity contribution in [1.29, 1.82) is 0 Å². The zero-order valence-electron chi connectivity index (χ0n) is 12.7. The molecule has 2 aliphatic rings. The third-order valence-corrected chi connectivity index (χ3v) is 3.95. The van der Waals surface area contributed by atoms with Crippen molar-refractivity contribution in [2.75, 3.05) is 0 Å². The highest BCUT2D eigenvalue weighted by atomic mass is 16.4. The number of rotatable bonds is 1. The smallest absolute Gasteiger partial charge is 0.284 e. The average molecular weight is 306 g/mol. The molecule has 0 saturated heterocycles. The molecular formula is C18H14N2O3. The lowest BCUT2D eigenvalue weighted by Gasteiger charge is -2.04. The van der Waals surface area contributed by atoms with Crippen LogP contribution < -0.4 is 5.56 Å². The first-order valence-corrected chi connectivity index (χ1v) is 7.27. The minimum atomic E-state index is -0.235. The van der Waals surface area contributed by atoms with Gasteiger partial charge in [-0.3, -0.25) is 4.79 Å². The quantitative estimate of drug-likeness (QED) is 0.585. The van der Waals surface area contributed by atoms with Crippen LogP contribution in [0.2, 0.25) is 0 Å². The number of para-hydroxylation sites is 1. The van der Waals surface area contributed by atoms with Crippen molar-refractivity contribution in [3.05, 3.63) is 63.9 Å². The summed E-state index contributed by atoms with van der Waals surface area (Å²) in [5.74, 6) is 0.238. The van der Waals surface area contributed by atoms with E-state index < -0.39 is 0 Å². The molecule has 0 unspecified atom stereocenters. The third-order valence-electron chi connectivity index (χ3n) is 3.95. The highest BCUT2D eigenvalue weighted by molar-refractivity contribution is 5.86. The van der Waals surface area contributed by atoms with E-state index in [0.717, 1.165) is 16.8 Å². The Balaban J connectivity index is 2.05. The Bertz CT molecular complexity index is 1080. The molecule has 0 saturated carbocycles. The van der Waals surface area contributed by atoms with Crippen LogP contribution in [0.3, 0.4) is 0 Å². The molecule has 0 bridgehead atoms. The minimum absolute atomic E-state index is 0.0258. The molecule has 2 heterocycles. The van der Waals surface area contributed by atoms with E-state index in [2.05, 4.69) is 5.10 Å². The number of phenols is 1. The lowest BCUT2D eigenvalue weighted by molar-refractivity contribution is 0.462. The first-order chi connectivity index (χ1) is 11.0. The second-order valence-electron chi connectivity index (χ2n) is 5.67. The van der Waals surface area contributed by atoms with Crippen LogP contribution in [0.25, 0.3) is 28.1 Å². The summed E-state index contributed by atoms with van der Waals surface area (Å²) in [6, 6.07) is 12.5. The Labute approximate surface area is 131 Å². The number of phenolic OH excluding ortho intramolecular Hbond substituents is 1.